The van der Waals surface area contributed by atoms with Crippen molar-refractivity contribution in [1.29, 1.82) is 0 Å². The molecule has 1 amide bonds. The maximum absolute atomic E-state index is 13.7. The summed E-state index contributed by atoms with van der Waals surface area (Å²) in [5.41, 5.74) is -0.169. The fourth-order valence-electron chi connectivity index (χ4n) is 2.48. The summed E-state index contributed by atoms with van der Waals surface area (Å²) in [5, 5.41) is 2.34. The molecule has 0 radical (unpaired) electrons. The molecule has 9 heteroatoms. The molecule has 1 aromatic rings. The molecule has 0 aromatic heterocycles. The van der Waals surface area contributed by atoms with E-state index >= 15 is 0 Å². The lowest BCUT2D eigenvalue weighted by Gasteiger charge is -2.26. The Morgan fingerprint density at radius 3 is 2.38 bits per heavy atom. The van der Waals surface area contributed by atoms with Crippen molar-refractivity contribution in [2.24, 2.45) is 11.8 Å². The lowest BCUT2D eigenvalue weighted by Crippen LogP contribution is -2.36. The highest BCUT2D eigenvalue weighted by Gasteiger charge is 2.35. The summed E-state index contributed by atoms with van der Waals surface area (Å²) in [6, 6.07) is 2.80. The van der Waals surface area contributed by atoms with Gasteiger partial charge in [-0.2, -0.15) is 0 Å². The minimum atomic E-state index is -0.905. The molecule has 0 saturated carbocycles. The molecule has 0 heterocycles. The van der Waals surface area contributed by atoms with Crippen LogP contribution in [0, 0.1) is 23.5 Å². The minimum Gasteiger partial charge on any atom is -0.460 e. The topological polar surface area (TPSA) is 55.4 Å². The van der Waals surface area contributed by atoms with Crippen LogP contribution in [0.2, 0.25) is 0 Å². The number of ether oxygens (including phenoxy) is 1. The molecule has 2 rings (SSSR count). The third-order valence-corrected chi connectivity index (χ3v) is 4.75. The molecule has 0 unspecified atom stereocenters. The van der Waals surface area contributed by atoms with E-state index in [9.17, 15) is 18.4 Å². The molecule has 0 bridgehead atoms. The fraction of sp³-hybridized carbons (Fsp3) is 0.294. The van der Waals surface area contributed by atoms with Crippen LogP contribution in [-0.4, -0.2) is 18.5 Å². The van der Waals surface area contributed by atoms with Crippen LogP contribution in [0.3, 0.4) is 0 Å². The first-order valence-electron chi connectivity index (χ1n) is 7.56. The summed E-state index contributed by atoms with van der Waals surface area (Å²) in [4.78, 5) is 24.8. The molecule has 0 aliphatic heterocycles. The normalized spacial score (nSPS) is 19.0. The van der Waals surface area contributed by atoms with E-state index in [0.717, 1.165) is 12.1 Å². The molecular weight excluding hydrogens is 411 g/mol. The van der Waals surface area contributed by atoms with E-state index in [1.807, 2.05) is 0 Å². The van der Waals surface area contributed by atoms with Crippen molar-refractivity contribution in [1.82, 2.24) is 0 Å². The molecule has 0 saturated heterocycles. The van der Waals surface area contributed by atoms with Gasteiger partial charge in [-0.1, -0.05) is 47.0 Å². The highest BCUT2D eigenvalue weighted by Crippen LogP contribution is 2.29. The van der Waals surface area contributed by atoms with E-state index in [1.54, 1.807) is 12.2 Å². The maximum atomic E-state index is 13.7. The number of nitrogens with one attached hydrogen (secondary N) is 1. The van der Waals surface area contributed by atoms with Gasteiger partial charge in [-0.3, -0.25) is 9.59 Å². The van der Waals surface area contributed by atoms with Crippen LogP contribution in [0.4, 0.5) is 14.5 Å². The summed E-state index contributed by atoms with van der Waals surface area (Å²) in [6.07, 6.45) is 4.05. The van der Waals surface area contributed by atoms with Gasteiger partial charge in [0.15, 0.2) is 0 Å². The number of carbonyl (C=O) groups is 2. The average Bonchev–Trinajstić information content (AvgIpc) is 2.61. The Balaban J connectivity index is 2.07. The molecule has 1 aliphatic rings. The first-order chi connectivity index (χ1) is 12.3. The highest BCUT2D eigenvalue weighted by molar-refractivity contribution is 6.59. The number of anilines is 1. The summed E-state index contributed by atoms with van der Waals surface area (Å²) in [6.45, 7) is -0.316. The molecule has 0 spiro atoms. The van der Waals surface area contributed by atoms with Gasteiger partial charge in [-0.25, -0.2) is 8.78 Å². The van der Waals surface area contributed by atoms with Gasteiger partial charge < -0.3 is 10.1 Å². The van der Waals surface area contributed by atoms with E-state index in [4.69, 9.17) is 39.5 Å². The number of allylic oxidation sites excluding steroid dienone is 2. The Kier molecular flexibility index (Phi) is 7.43. The highest BCUT2D eigenvalue weighted by atomic mass is 35.5. The molecule has 1 N–H and O–H groups in total. The number of esters is 1. The van der Waals surface area contributed by atoms with Crippen LogP contribution in [0.25, 0.3) is 0 Å². The molecular formula is C17H14Cl3F2NO3. The average molecular weight is 425 g/mol. The van der Waals surface area contributed by atoms with Gasteiger partial charge in [0.1, 0.15) is 22.7 Å². The van der Waals surface area contributed by atoms with Crippen LogP contribution in [0.5, 0.6) is 0 Å². The second-order valence-corrected chi connectivity index (χ2v) is 6.95. The number of hydrogen-bond donors (Lipinski definition) is 1. The van der Waals surface area contributed by atoms with Crippen molar-refractivity contribution in [3.63, 3.8) is 0 Å². The molecule has 140 valence electrons. The standard InChI is InChI=1S/C17H14Cl3F2NO3/c18-12(15(19)20)8-26-17(25)11-4-2-1-3-10(11)16(24)23-14-6-5-9(21)7-13(14)22/h1-2,5-7,10-11H,3-4,8H2,(H,23,24)/t10-,11-/m1/s1. The Hall–Kier alpha value is -1.63. The number of amides is 1. The number of carbonyl (C=O) groups excluding carboxylic acids is 2. The Morgan fingerprint density at radius 1 is 1.12 bits per heavy atom. The number of hydrogen-bond acceptors (Lipinski definition) is 3. The van der Waals surface area contributed by atoms with Gasteiger partial charge in [0.05, 0.1) is 22.6 Å². The van der Waals surface area contributed by atoms with Gasteiger partial charge >= 0.3 is 5.97 Å². The van der Waals surface area contributed by atoms with Gasteiger partial charge in [0.2, 0.25) is 5.91 Å². The second kappa shape index (κ2) is 9.35. The van der Waals surface area contributed by atoms with Crippen LogP contribution >= 0.6 is 34.8 Å². The van der Waals surface area contributed by atoms with Crippen LogP contribution in [0.15, 0.2) is 39.9 Å². The molecule has 0 fully saturated rings. The largest absolute Gasteiger partial charge is 0.460 e. The number of halogens is 5. The van der Waals surface area contributed by atoms with Gasteiger partial charge in [-0.05, 0) is 25.0 Å². The van der Waals surface area contributed by atoms with Crippen LogP contribution in [0.1, 0.15) is 12.8 Å². The van der Waals surface area contributed by atoms with Crippen LogP contribution < -0.4 is 5.32 Å². The Labute approximate surface area is 163 Å². The Morgan fingerprint density at radius 2 is 1.77 bits per heavy atom. The molecule has 1 aromatic carbocycles. The van der Waals surface area contributed by atoms with Crippen molar-refractivity contribution in [2.45, 2.75) is 12.8 Å². The van der Waals surface area contributed by atoms with Gasteiger partial charge in [-0.15, -0.1) is 0 Å². The summed E-state index contributed by atoms with van der Waals surface area (Å²) in [7, 11) is 0. The van der Waals surface area contributed by atoms with E-state index < -0.39 is 35.3 Å². The number of rotatable bonds is 5. The van der Waals surface area contributed by atoms with E-state index in [1.165, 1.54) is 0 Å². The molecule has 1 aliphatic carbocycles. The van der Waals surface area contributed by atoms with Gasteiger partial charge in [0, 0.05) is 6.07 Å². The third-order valence-electron chi connectivity index (χ3n) is 3.81. The Bertz CT molecular complexity index is 764. The minimum absolute atomic E-state index is 0.0394. The predicted octanol–water partition coefficient (Wildman–Crippen LogP) is 4.91. The zero-order valence-corrected chi connectivity index (χ0v) is 15.5. The van der Waals surface area contributed by atoms with E-state index in [0.29, 0.717) is 6.07 Å². The van der Waals surface area contributed by atoms with Crippen molar-refractivity contribution >= 4 is 52.4 Å². The second-order valence-electron chi connectivity index (χ2n) is 5.54. The van der Waals surface area contributed by atoms with E-state index in [2.05, 4.69) is 5.32 Å². The first-order valence-corrected chi connectivity index (χ1v) is 8.70. The molecule has 26 heavy (non-hydrogen) atoms. The summed E-state index contributed by atoms with van der Waals surface area (Å²) >= 11 is 16.7. The fourth-order valence-corrected chi connectivity index (χ4v) is 2.64. The van der Waals surface area contributed by atoms with Crippen molar-refractivity contribution in [3.8, 4) is 0 Å². The van der Waals surface area contributed by atoms with Crippen LogP contribution in [-0.2, 0) is 14.3 Å². The maximum Gasteiger partial charge on any atom is 0.310 e. The quantitative estimate of drug-likeness (QED) is 0.539. The van der Waals surface area contributed by atoms with Crippen molar-refractivity contribution in [2.75, 3.05) is 11.9 Å². The predicted molar refractivity (Wildman–Crippen MR) is 95.9 cm³/mol. The zero-order valence-electron chi connectivity index (χ0n) is 13.3. The zero-order chi connectivity index (χ0) is 19.3. The first kappa shape index (κ1) is 20.7. The summed E-state index contributed by atoms with van der Waals surface area (Å²) in [5.74, 6) is -4.43. The third kappa shape index (κ3) is 5.43. The van der Waals surface area contributed by atoms with Crippen molar-refractivity contribution < 1.29 is 23.1 Å². The lowest BCUT2D eigenvalue weighted by atomic mass is 9.82. The van der Waals surface area contributed by atoms with Gasteiger partial charge in [0.25, 0.3) is 0 Å². The lowest BCUT2D eigenvalue weighted by molar-refractivity contribution is -0.151. The number of benzene rings is 1. The van der Waals surface area contributed by atoms with Crippen molar-refractivity contribution in [3.05, 3.63) is 51.5 Å². The SMILES string of the molecule is O=C(Nc1ccc(F)cc1F)[C@@H]1CC=CC[C@H]1C(=O)OCC(Cl)=C(Cl)Cl. The summed E-state index contributed by atoms with van der Waals surface area (Å²) < 4.78 is 31.5. The smallest absolute Gasteiger partial charge is 0.310 e. The monoisotopic (exact) mass is 423 g/mol. The van der Waals surface area contributed by atoms with E-state index in [-0.39, 0.29) is 34.7 Å². The molecule has 2 atom stereocenters. The molecule has 4 nitrogen and oxygen atoms in total.